The van der Waals surface area contributed by atoms with E-state index in [9.17, 15) is 0 Å². The van der Waals surface area contributed by atoms with Gasteiger partial charge in [0.2, 0.25) is 0 Å². The van der Waals surface area contributed by atoms with Gasteiger partial charge in [-0.1, -0.05) is 0 Å². The van der Waals surface area contributed by atoms with Crippen molar-refractivity contribution >= 4 is 5.82 Å². The first-order chi connectivity index (χ1) is 12.3. The number of piperazine rings is 1. The summed E-state index contributed by atoms with van der Waals surface area (Å²) >= 11 is 0. The highest BCUT2D eigenvalue weighted by molar-refractivity contribution is 5.43. The summed E-state index contributed by atoms with van der Waals surface area (Å²) < 4.78 is 1.93. The molecule has 2 aliphatic rings. The van der Waals surface area contributed by atoms with Crippen molar-refractivity contribution in [3.05, 3.63) is 31.1 Å². The normalized spacial score (nSPS) is 23.1. The number of imidazole rings is 1. The van der Waals surface area contributed by atoms with Crippen molar-refractivity contribution in [3.8, 4) is 5.82 Å². The molecule has 4 heterocycles. The molecule has 2 fully saturated rings. The van der Waals surface area contributed by atoms with Gasteiger partial charge in [0.05, 0.1) is 0 Å². The van der Waals surface area contributed by atoms with Crippen LogP contribution < -0.4 is 4.90 Å². The van der Waals surface area contributed by atoms with Gasteiger partial charge in [-0.25, -0.2) is 15.0 Å². The van der Waals surface area contributed by atoms with Crippen LogP contribution in [0.25, 0.3) is 5.82 Å². The highest BCUT2D eigenvalue weighted by Crippen LogP contribution is 2.23. The summed E-state index contributed by atoms with van der Waals surface area (Å²) in [6.07, 6.45) is 9.69. The van der Waals surface area contributed by atoms with E-state index in [1.54, 1.807) is 18.9 Å². The Morgan fingerprint density at radius 3 is 2.72 bits per heavy atom. The van der Waals surface area contributed by atoms with Crippen LogP contribution in [0, 0.1) is 5.92 Å². The van der Waals surface area contributed by atoms with Crippen molar-refractivity contribution in [1.29, 1.82) is 0 Å². The molecule has 2 aromatic rings. The van der Waals surface area contributed by atoms with Gasteiger partial charge in [-0.3, -0.25) is 4.57 Å². The van der Waals surface area contributed by atoms with Crippen LogP contribution in [0.4, 0.5) is 5.82 Å². The molecule has 7 nitrogen and oxygen atoms in total. The van der Waals surface area contributed by atoms with Crippen LogP contribution in [0.5, 0.6) is 0 Å². The first-order valence-corrected chi connectivity index (χ1v) is 9.24. The fourth-order valence-corrected chi connectivity index (χ4v) is 3.86. The highest BCUT2D eigenvalue weighted by atomic mass is 15.3. The van der Waals surface area contributed by atoms with E-state index >= 15 is 0 Å². The monoisotopic (exact) mass is 341 g/mol. The van der Waals surface area contributed by atoms with Crippen LogP contribution in [0.1, 0.15) is 12.8 Å². The second-order valence-corrected chi connectivity index (χ2v) is 7.26. The van der Waals surface area contributed by atoms with Gasteiger partial charge in [0.1, 0.15) is 24.3 Å². The van der Waals surface area contributed by atoms with E-state index in [-0.39, 0.29) is 0 Å². The molecule has 0 aliphatic carbocycles. The topological polar surface area (TPSA) is 53.3 Å². The molecule has 0 N–H and O–H groups in total. The zero-order valence-electron chi connectivity index (χ0n) is 15.0. The van der Waals surface area contributed by atoms with Crippen LogP contribution in [0.2, 0.25) is 0 Å². The Balaban J connectivity index is 1.40. The molecule has 0 saturated carbocycles. The van der Waals surface area contributed by atoms with Gasteiger partial charge in [-0.15, -0.1) is 0 Å². The van der Waals surface area contributed by atoms with Crippen LogP contribution in [-0.4, -0.2) is 82.2 Å². The second-order valence-electron chi connectivity index (χ2n) is 7.26. The van der Waals surface area contributed by atoms with Crippen LogP contribution >= 0.6 is 0 Å². The number of aromatic nitrogens is 4. The molecule has 4 rings (SSSR count). The predicted octanol–water partition coefficient (Wildman–Crippen LogP) is 1.13. The first kappa shape index (κ1) is 16.5. The van der Waals surface area contributed by atoms with Gasteiger partial charge >= 0.3 is 0 Å². The number of nitrogens with zero attached hydrogens (tertiary/aromatic N) is 7. The van der Waals surface area contributed by atoms with Gasteiger partial charge in [0.25, 0.3) is 0 Å². The molecule has 0 bridgehead atoms. The molecule has 25 heavy (non-hydrogen) atoms. The maximum atomic E-state index is 4.52. The second kappa shape index (κ2) is 7.49. The van der Waals surface area contributed by atoms with Crippen LogP contribution in [0.15, 0.2) is 31.1 Å². The zero-order chi connectivity index (χ0) is 17.1. The number of piperidine rings is 1. The fraction of sp³-hybridized carbons (Fsp3) is 0.611. The Labute approximate surface area is 149 Å². The smallest absolute Gasteiger partial charge is 0.143 e. The van der Waals surface area contributed by atoms with E-state index in [1.165, 1.54) is 45.6 Å². The van der Waals surface area contributed by atoms with Gasteiger partial charge in [0.15, 0.2) is 0 Å². The van der Waals surface area contributed by atoms with E-state index < -0.39 is 0 Å². The van der Waals surface area contributed by atoms with E-state index in [0.29, 0.717) is 0 Å². The third kappa shape index (κ3) is 3.99. The van der Waals surface area contributed by atoms with Crippen LogP contribution in [-0.2, 0) is 0 Å². The minimum atomic E-state index is 0.726. The van der Waals surface area contributed by atoms with Gasteiger partial charge < -0.3 is 14.7 Å². The maximum absolute atomic E-state index is 4.52. The molecule has 2 saturated heterocycles. The summed E-state index contributed by atoms with van der Waals surface area (Å²) in [5.41, 5.74) is 0. The Kier molecular flexibility index (Phi) is 4.94. The summed E-state index contributed by atoms with van der Waals surface area (Å²) in [4.78, 5) is 20.5. The summed E-state index contributed by atoms with van der Waals surface area (Å²) in [7, 11) is 2.21. The summed E-state index contributed by atoms with van der Waals surface area (Å²) in [5.74, 6) is 2.63. The Hall–Kier alpha value is -1.99. The molecule has 0 amide bonds. The Bertz CT molecular complexity index is 664. The third-order valence-corrected chi connectivity index (χ3v) is 5.36. The first-order valence-electron chi connectivity index (χ1n) is 9.24. The summed E-state index contributed by atoms with van der Waals surface area (Å²) in [6, 6.07) is 2.07. The van der Waals surface area contributed by atoms with E-state index in [2.05, 4.69) is 42.8 Å². The van der Waals surface area contributed by atoms with Crippen LogP contribution in [0.3, 0.4) is 0 Å². The molecule has 0 radical (unpaired) electrons. The van der Waals surface area contributed by atoms with Crippen molar-refractivity contribution in [3.63, 3.8) is 0 Å². The zero-order valence-corrected chi connectivity index (χ0v) is 15.0. The molecule has 2 aromatic heterocycles. The van der Waals surface area contributed by atoms with Crippen molar-refractivity contribution in [2.45, 2.75) is 12.8 Å². The lowest BCUT2D eigenvalue weighted by Gasteiger charge is -2.38. The number of likely N-dealkylation sites (N-methyl/N-ethyl adjacent to an activating group) is 1. The molecule has 7 heteroatoms. The van der Waals surface area contributed by atoms with E-state index in [0.717, 1.165) is 30.6 Å². The predicted molar refractivity (Wildman–Crippen MR) is 98.0 cm³/mol. The summed E-state index contributed by atoms with van der Waals surface area (Å²) in [6.45, 7) is 8.17. The molecule has 1 atom stereocenters. The fourth-order valence-electron chi connectivity index (χ4n) is 3.86. The summed E-state index contributed by atoms with van der Waals surface area (Å²) in [5, 5.41) is 0. The van der Waals surface area contributed by atoms with Gasteiger partial charge in [-0.2, -0.15) is 0 Å². The van der Waals surface area contributed by atoms with Crippen molar-refractivity contribution in [2.75, 3.05) is 57.8 Å². The van der Waals surface area contributed by atoms with Gasteiger partial charge in [-0.05, 0) is 25.8 Å². The molecule has 2 aliphatic heterocycles. The number of anilines is 1. The minimum Gasteiger partial charge on any atom is -0.356 e. The largest absolute Gasteiger partial charge is 0.356 e. The number of rotatable bonds is 4. The lowest BCUT2D eigenvalue weighted by Crippen LogP contribution is -2.48. The lowest BCUT2D eigenvalue weighted by molar-refractivity contribution is 0.131. The average molecular weight is 341 g/mol. The standard InChI is InChI=1S/C18H27N7/c1-22-7-9-23(10-8-22)12-16-3-2-5-24(13-16)17-11-18(21-14-20-17)25-6-4-19-15-25/h4,6,11,14-16H,2-3,5,7-10,12-13H2,1H3/t16-/m0/s1. The quantitative estimate of drug-likeness (QED) is 0.831. The molecule has 0 unspecified atom stereocenters. The molecular formula is C18H27N7. The lowest BCUT2D eigenvalue weighted by atomic mass is 9.97. The third-order valence-electron chi connectivity index (χ3n) is 5.36. The molecular weight excluding hydrogens is 314 g/mol. The van der Waals surface area contributed by atoms with Crippen molar-refractivity contribution in [2.24, 2.45) is 5.92 Å². The van der Waals surface area contributed by atoms with E-state index in [4.69, 9.17) is 0 Å². The molecule has 134 valence electrons. The highest BCUT2D eigenvalue weighted by Gasteiger charge is 2.24. The minimum absolute atomic E-state index is 0.726. The average Bonchev–Trinajstić information content (AvgIpc) is 3.19. The Morgan fingerprint density at radius 2 is 1.92 bits per heavy atom. The molecule has 0 aromatic carbocycles. The number of hydrogen-bond acceptors (Lipinski definition) is 6. The van der Waals surface area contributed by atoms with E-state index in [1.807, 2.05) is 10.8 Å². The number of hydrogen-bond donors (Lipinski definition) is 0. The van der Waals surface area contributed by atoms with Crippen molar-refractivity contribution in [1.82, 2.24) is 29.3 Å². The Morgan fingerprint density at radius 1 is 1.08 bits per heavy atom. The molecule has 0 spiro atoms. The SMILES string of the molecule is CN1CCN(C[C@@H]2CCCN(c3cc(-n4ccnc4)ncn3)C2)CC1. The van der Waals surface area contributed by atoms with Crippen molar-refractivity contribution < 1.29 is 0 Å². The maximum Gasteiger partial charge on any atom is 0.143 e. The van der Waals surface area contributed by atoms with Gasteiger partial charge in [0, 0.05) is 64.3 Å².